The van der Waals surface area contributed by atoms with E-state index < -0.39 is 5.79 Å². The van der Waals surface area contributed by atoms with Crippen molar-refractivity contribution in [3.8, 4) is 0 Å². The molecule has 1 aliphatic rings. The van der Waals surface area contributed by atoms with Crippen molar-refractivity contribution < 1.29 is 14.6 Å². The van der Waals surface area contributed by atoms with Crippen molar-refractivity contribution in [1.82, 2.24) is 5.32 Å². The highest BCUT2D eigenvalue weighted by Gasteiger charge is 2.36. The fourth-order valence-electron chi connectivity index (χ4n) is 1.41. The van der Waals surface area contributed by atoms with Crippen LogP contribution in [0.1, 0.15) is 13.8 Å². The molecule has 1 aliphatic heterocycles. The maximum absolute atomic E-state index is 9.04. The molecule has 0 saturated carbocycles. The molecule has 0 aromatic carbocycles. The summed E-state index contributed by atoms with van der Waals surface area (Å²) < 4.78 is 11.1. The van der Waals surface area contributed by atoms with Gasteiger partial charge in [0, 0.05) is 19.6 Å². The molecule has 1 fully saturated rings. The van der Waals surface area contributed by atoms with Gasteiger partial charge in [-0.15, -0.1) is 0 Å². The van der Waals surface area contributed by atoms with Gasteiger partial charge in [-0.3, -0.25) is 0 Å². The van der Waals surface area contributed by atoms with Crippen molar-refractivity contribution in [1.29, 1.82) is 0 Å². The van der Waals surface area contributed by atoms with Crippen LogP contribution in [0.3, 0.4) is 0 Å². The number of rotatable bonds is 5. The monoisotopic (exact) mass is 204 g/mol. The molecule has 84 valence electrons. The summed E-state index contributed by atoms with van der Waals surface area (Å²) in [4.78, 5) is 0. The lowest BCUT2D eigenvalue weighted by molar-refractivity contribution is -0.149. The molecule has 2 unspecified atom stereocenters. The summed E-state index contributed by atoms with van der Waals surface area (Å²) in [6, 6.07) is 0. The maximum atomic E-state index is 9.04. The van der Waals surface area contributed by atoms with E-state index in [0.717, 1.165) is 0 Å². The Labute approximate surface area is 84.6 Å². The summed E-state index contributed by atoms with van der Waals surface area (Å²) in [5, 5.41) is 12.1. The molecule has 5 heteroatoms. The highest BCUT2D eigenvalue weighted by atomic mass is 16.7. The predicted octanol–water partition coefficient (Wildman–Crippen LogP) is -0.953. The van der Waals surface area contributed by atoms with Crippen LogP contribution in [0.25, 0.3) is 0 Å². The van der Waals surface area contributed by atoms with Gasteiger partial charge < -0.3 is 25.6 Å². The van der Waals surface area contributed by atoms with E-state index in [1.165, 1.54) is 0 Å². The lowest BCUT2D eigenvalue weighted by Crippen LogP contribution is -2.42. The Kier molecular flexibility index (Phi) is 4.28. The largest absolute Gasteiger partial charge is 0.392 e. The van der Waals surface area contributed by atoms with Gasteiger partial charge in [0.25, 0.3) is 0 Å². The molecule has 0 aromatic rings. The van der Waals surface area contributed by atoms with Gasteiger partial charge in [-0.1, -0.05) is 0 Å². The van der Waals surface area contributed by atoms with Gasteiger partial charge in [-0.25, -0.2) is 0 Å². The second-order valence-corrected chi connectivity index (χ2v) is 3.90. The average Bonchev–Trinajstić information content (AvgIpc) is 2.47. The molecule has 0 spiro atoms. The second-order valence-electron chi connectivity index (χ2n) is 3.90. The van der Waals surface area contributed by atoms with E-state index in [-0.39, 0.29) is 12.2 Å². The number of ether oxygens (including phenoxy) is 2. The van der Waals surface area contributed by atoms with Crippen LogP contribution < -0.4 is 11.1 Å². The summed E-state index contributed by atoms with van der Waals surface area (Å²) in [6.45, 7) is 5.73. The Morgan fingerprint density at radius 2 is 2.43 bits per heavy atom. The number of nitrogens with two attached hydrogens (primary N) is 1. The Hall–Kier alpha value is -0.200. The van der Waals surface area contributed by atoms with Gasteiger partial charge in [-0.05, 0) is 13.8 Å². The molecular formula is C9H20N2O3. The first-order valence-electron chi connectivity index (χ1n) is 4.96. The molecule has 5 nitrogen and oxygen atoms in total. The molecule has 0 aliphatic carbocycles. The van der Waals surface area contributed by atoms with Crippen LogP contribution in [0.15, 0.2) is 0 Å². The van der Waals surface area contributed by atoms with E-state index in [1.54, 1.807) is 6.92 Å². The van der Waals surface area contributed by atoms with Gasteiger partial charge in [-0.2, -0.15) is 0 Å². The minimum atomic E-state index is -0.598. The molecule has 0 radical (unpaired) electrons. The van der Waals surface area contributed by atoms with E-state index in [1.807, 2.05) is 6.92 Å². The number of hydrogen-bond acceptors (Lipinski definition) is 5. The lowest BCUT2D eigenvalue weighted by Gasteiger charge is -2.23. The van der Waals surface area contributed by atoms with Crippen molar-refractivity contribution in [2.75, 3.05) is 26.2 Å². The third-order valence-electron chi connectivity index (χ3n) is 2.14. The summed E-state index contributed by atoms with van der Waals surface area (Å²) in [5.41, 5.74) is 5.47. The van der Waals surface area contributed by atoms with Crippen LogP contribution in [-0.4, -0.2) is 49.3 Å². The standard InChI is InChI=1S/C9H20N2O3/c1-7(12)4-11-6-9(2)13-5-8(3-10)14-9/h7-8,11-12H,3-6,10H2,1-2H3/t7-,8?,9?/m0/s1. The van der Waals surface area contributed by atoms with Crippen molar-refractivity contribution in [3.63, 3.8) is 0 Å². The minimum Gasteiger partial charge on any atom is -0.392 e. The molecule has 14 heavy (non-hydrogen) atoms. The number of aliphatic hydroxyl groups excluding tert-OH is 1. The predicted molar refractivity (Wildman–Crippen MR) is 52.8 cm³/mol. The van der Waals surface area contributed by atoms with Crippen molar-refractivity contribution in [3.05, 3.63) is 0 Å². The average molecular weight is 204 g/mol. The SMILES string of the molecule is C[C@H](O)CNCC1(C)OCC(CN)O1. The Balaban J connectivity index is 2.23. The smallest absolute Gasteiger partial charge is 0.178 e. The van der Waals surface area contributed by atoms with Crippen molar-refractivity contribution in [2.24, 2.45) is 5.73 Å². The zero-order valence-electron chi connectivity index (χ0n) is 8.82. The molecule has 1 rings (SSSR count). The normalized spacial score (nSPS) is 34.7. The first-order chi connectivity index (χ1) is 6.56. The molecule has 1 heterocycles. The Morgan fingerprint density at radius 3 is 2.93 bits per heavy atom. The molecule has 0 amide bonds. The first-order valence-corrected chi connectivity index (χ1v) is 4.96. The van der Waals surface area contributed by atoms with Crippen molar-refractivity contribution >= 4 is 0 Å². The summed E-state index contributed by atoms with van der Waals surface area (Å²) in [5.74, 6) is -0.598. The van der Waals surface area contributed by atoms with Crippen molar-refractivity contribution in [2.45, 2.75) is 31.8 Å². The summed E-state index contributed by atoms with van der Waals surface area (Å²) >= 11 is 0. The van der Waals surface area contributed by atoms with Crippen LogP contribution in [0.2, 0.25) is 0 Å². The minimum absolute atomic E-state index is 0.00616. The highest BCUT2D eigenvalue weighted by molar-refractivity contribution is 4.77. The maximum Gasteiger partial charge on any atom is 0.178 e. The van der Waals surface area contributed by atoms with E-state index in [9.17, 15) is 0 Å². The Morgan fingerprint density at radius 1 is 1.71 bits per heavy atom. The molecular weight excluding hydrogens is 184 g/mol. The van der Waals surface area contributed by atoms with Gasteiger partial charge in [0.15, 0.2) is 5.79 Å². The van der Waals surface area contributed by atoms with Crippen LogP contribution in [0, 0.1) is 0 Å². The zero-order valence-corrected chi connectivity index (χ0v) is 8.82. The topological polar surface area (TPSA) is 76.7 Å². The van der Waals surface area contributed by atoms with E-state index in [2.05, 4.69) is 5.32 Å². The first kappa shape index (κ1) is 11.9. The van der Waals surface area contributed by atoms with Gasteiger partial charge in [0.1, 0.15) is 0 Å². The number of aliphatic hydroxyl groups is 1. The van der Waals surface area contributed by atoms with Gasteiger partial charge in [0.2, 0.25) is 0 Å². The molecule has 0 aromatic heterocycles. The third kappa shape index (κ3) is 3.51. The van der Waals surface area contributed by atoms with E-state index >= 15 is 0 Å². The lowest BCUT2D eigenvalue weighted by atomic mass is 10.3. The van der Waals surface area contributed by atoms with E-state index in [0.29, 0.717) is 26.2 Å². The van der Waals surface area contributed by atoms with E-state index in [4.69, 9.17) is 20.3 Å². The number of hydrogen-bond donors (Lipinski definition) is 3. The fourth-order valence-corrected chi connectivity index (χ4v) is 1.41. The highest BCUT2D eigenvalue weighted by Crippen LogP contribution is 2.21. The van der Waals surface area contributed by atoms with Crippen LogP contribution in [0.5, 0.6) is 0 Å². The van der Waals surface area contributed by atoms with Gasteiger partial charge >= 0.3 is 0 Å². The molecule has 4 N–H and O–H groups in total. The third-order valence-corrected chi connectivity index (χ3v) is 2.14. The Bertz CT molecular complexity index is 177. The summed E-state index contributed by atoms with van der Waals surface area (Å²) in [7, 11) is 0. The van der Waals surface area contributed by atoms with Crippen LogP contribution >= 0.6 is 0 Å². The quantitative estimate of drug-likeness (QED) is 0.538. The molecule has 0 bridgehead atoms. The summed E-state index contributed by atoms with van der Waals surface area (Å²) in [6.07, 6.45) is -0.362. The number of nitrogens with one attached hydrogen (secondary N) is 1. The fraction of sp³-hybridized carbons (Fsp3) is 1.00. The second kappa shape index (κ2) is 5.04. The molecule has 3 atom stereocenters. The van der Waals surface area contributed by atoms with Crippen LogP contribution in [0.4, 0.5) is 0 Å². The van der Waals surface area contributed by atoms with Crippen LogP contribution in [-0.2, 0) is 9.47 Å². The molecule has 1 saturated heterocycles. The zero-order chi connectivity index (χ0) is 10.6. The van der Waals surface area contributed by atoms with Gasteiger partial charge in [0.05, 0.1) is 18.8 Å².